The SMILES string of the molecule is COc1ccccc1C[C@H](C)Nc1ncc([N+](=O)[O-])cc1C(N)=O. The highest BCUT2D eigenvalue weighted by Crippen LogP contribution is 2.22. The van der Waals surface area contributed by atoms with E-state index in [1.165, 1.54) is 0 Å². The van der Waals surface area contributed by atoms with Crippen molar-refractivity contribution in [3.05, 3.63) is 57.8 Å². The number of anilines is 1. The summed E-state index contributed by atoms with van der Waals surface area (Å²) >= 11 is 0. The van der Waals surface area contributed by atoms with Gasteiger partial charge in [-0.15, -0.1) is 0 Å². The monoisotopic (exact) mass is 330 g/mol. The molecule has 1 aromatic heterocycles. The molecule has 2 rings (SSSR count). The molecule has 1 amide bonds. The van der Waals surface area contributed by atoms with Crippen LogP contribution >= 0.6 is 0 Å². The number of pyridine rings is 1. The molecule has 8 nitrogen and oxygen atoms in total. The normalized spacial score (nSPS) is 11.6. The first-order chi connectivity index (χ1) is 11.4. The van der Waals surface area contributed by atoms with Crippen LogP contribution in [0.2, 0.25) is 0 Å². The van der Waals surface area contributed by atoms with Gasteiger partial charge in [0.05, 0.1) is 17.6 Å². The van der Waals surface area contributed by atoms with E-state index in [4.69, 9.17) is 10.5 Å². The number of nitrogens with one attached hydrogen (secondary N) is 1. The molecule has 0 aliphatic carbocycles. The number of nitrogens with zero attached hydrogens (tertiary/aromatic N) is 2. The first-order valence-electron chi connectivity index (χ1n) is 7.25. The summed E-state index contributed by atoms with van der Waals surface area (Å²) in [4.78, 5) is 25.7. The number of hydrogen-bond acceptors (Lipinski definition) is 6. The number of rotatable bonds is 7. The molecule has 0 aliphatic rings. The van der Waals surface area contributed by atoms with Crippen molar-refractivity contribution in [1.82, 2.24) is 4.98 Å². The van der Waals surface area contributed by atoms with Crippen LogP contribution in [0.4, 0.5) is 11.5 Å². The first kappa shape index (κ1) is 17.2. The van der Waals surface area contributed by atoms with Crippen molar-refractivity contribution in [3.63, 3.8) is 0 Å². The number of benzene rings is 1. The van der Waals surface area contributed by atoms with E-state index in [0.717, 1.165) is 23.6 Å². The van der Waals surface area contributed by atoms with Crippen LogP contribution in [0.15, 0.2) is 36.5 Å². The molecule has 0 saturated heterocycles. The molecule has 2 aromatic rings. The van der Waals surface area contributed by atoms with E-state index in [0.29, 0.717) is 6.42 Å². The molecule has 24 heavy (non-hydrogen) atoms. The molecule has 3 N–H and O–H groups in total. The minimum atomic E-state index is -0.779. The number of primary amides is 1. The molecule has 0 spiro atoms. The lowest BCUT2D eigenvalue weighted by Crippen LogP contribution is -2.23. The first-order valence-corrected chi connectivity index (χ1v) is 7.25. The van der Waals surface area contributed by atoms with Crippen LogP contribution in [0.3, 0.4) is 0 Å². The molecule has 1 aromatic carbocycles. The summed E-state index contributed by atoms with van der Waals surface area (Å²) in [6.45, 7) is 1.90. The third kappa shape index (κ3) is 3.97. The van der Waals surface area contributed by atoms with Crippen LogP contribution in [0.5, 0.6) is 5.75 Å². The number of para-hydroxylation sites is 1. The molecular weight excluding hydrogens is 312 g/mol. The molecule has 0 radical (unpaired) electrons. The van der Waals surface area contributed by atoms with E-state index in [1.54, 1.807) is 7.11 Å². The Morgan fingerprint density at radius 3 is 2.79 bits per heavy atom. The molecule has 0 bridgehead atoms. The van der Waals surface area contributed by atoms with Crippen LogP contribution < -0.4 is 15.8 Å². The molecule has 126 valence electrons. The number of ether oxygens (including phenoxy) is 1. The zero-order valence-electron chi connectivity index (χ0n) is 13.4. The number of nitro groups is 1. The van der Waals surface area contributed by atoms with Gasteiger partial charge in [-0.3, -0.25) is 14.9 Å². The van der Waals surface area contributed by atoms with Crippen LogP contribution in [0, 0.1) is 10.1 Å². The Morgan fingerprint density at radius 1 is 1.46 bits per heavy atom. The molecule has 1 atom stereocenters. The smallest absolute Gasteiger partial charge is 0.288 e. The maximum Gasteiger partial charge on any atom is 0.288 e. The quantitative estimate of drug-likeness (QED) is 0.592. The van der Waals surface area contributed by atoms with E-state index < -0.39 is 10.8 Å². The highest BCUT2D eigenvalue weighted by atomic mass is 16.6. The third-order valence-electron chi connectivity index (χ3n) is 3.45. The Morgan fingerprint density at radius 2 is 2.17 bits per heavy atom. The van der Waals surface area contributed by atoms with Crippen molar-refractivity contribution in [3.8, 4) is 5.75 Å². The Kier molecular flexibility index (Phi) is 5.31. The van der Waals surface area contributed by atoms with E-state index in [1.807, 2.05) is 31.2 Å². The zero-order valence-corrected chi connectivity index (χ0v) is 13.4. The molecule has 1 heterocycles. The maximum atomic E-state index is 11.5. The Balaban J connectivity index is 2.20. The molecule has 8 heteroatoms. The standard InChI is InChI=1S/C16H18N4O4/c1-10(7-11-5-3-4-6-14(11)24-2)19-16-13(15(17)21)8-12(9-18-16)20(22)23/h3-6,8-10H,7H2,1-2H3,(H2,17,21)(H,18,19)/t10-/m0/s1. The Bertz CT molecular complexity index is 763. The van der Waals surface area contributed by atoms with Gasteiger partial charge in [-0.25, -0.2) is 4.98 Å². The van der Waals surface area contributed by atoms with Gasteiger partial charge >= 0.3 is 0 Å². The van der Waals surface area contributed by atoms with Crippen LogP contribution in [-0.2, 0) is 6.42 Å². The fraction of sp³-hybridized carbons (Fsp3) is 0.250. The molecule has 0 aliphatic heterocycles. The second-order valence-corrected chi connectivity index (χ2v) is 5.27. The van der Waals surface area contributed by atoms with Gasteiger partial charge in [0, 0.05) is 12.1 Å². The topological polar surface area (TPSA) is 120 Å². The number of amides is 1. The molecule has 0 unspecified atom stereocenters. The van der Waals surface area contributed by atoms with Crippen molar-refractivity contribution in [2.75, 3.05) is 12.4 Å². The van der Waals surface area contributed by atoms with Gasteiger partial charge in [0.2, 0.25) is 0 Å². The second kappa shape index (κ2) is 7.40. The van der Waals surface area contributed by atoms with Gasteiger partial charge in [-0.1, -0.05) is 18.2 Å². The average molecular weight is 330 g/mol. The van der Waals surface area contributed by atoms with Crippen molar-refractivity contribution in [2.45, 2.75) is 19.4 Å². The van der Waals surface area contributed by atoms with Crippen molar-refractivity contribution in [1.29, 1.82) is 0 Å². The lowest BCUT2D eigenvalue weighted by atomic mass is 10.1. The Labute approximate surface area is 138 Å². The van der Waals surface area contributed by atoms with E-state index >= 15 is 0 Å². The molecule has 0 saturated carbocycles. The van der Waals surface area contributed by atoms with E-state index in [2.05, 4.69) is 10.3 Å². The summed E-state index contributed by atoms with van der Waals surface area (Å²) in [5.41, 5.74) is 5.98. The minimum absolute atomic E-state index is 0.0175. The van der Waals surface area contributed by atoms with Gasteiger partial charge in [0.1, 0.15) is 17.8 Å². The number of carbonyl (C=O) groups is 1. The summed E-state index contributed by atoms with van der Waals surface area (Å²) in [5, 5.41) is 13.9. The molecular formula is C16H18N4O4. The summed E-state index contributed by atoms with van der Waals surface area (Å²) in [7, 11) is 1.60. The predicted molar refractivity (Wildman–Crippen MR) is 89.2 cm³/mol. The number of methoxy groups -OCH3 is 1. The third-order valence-corrected chi connectivity index (χ3v) is 3.45. The van der Waals surface area contributed by atoms with Crippen LogP contribution in [0.25, 0.3) is 0 Å². The van der Waals surface area contributed by atoms with Gasteiger partial charge in [0.25, 0.3) is 11.6 Å². The number of aromatic nitrogens is 1. The fourth-order valence-electron chi connectivity index (χ4n) is 2.34. The maximum absolute atomic E-state index is 11.5. The number of carbonyl (C=O) groups excluding carboxylic acids is 1. The Hall–Kier alpha value is -3.16. The largest absolute Gasteiger partial charge is 0.496 e. The second-order valence-electron chi connectivity index (χ2n) is 5.27. The number of hydrogen-bond donors (Lipinski definition) is 2. The van der Waals surface area contributed by atoms with E-state index in [9.17, 15) is 14.9 Å². The molecule has 0 fully saturated rings. The highest BCUT2D eigenvalue weighted by Gasteiger charge is 2.18. The highest BCUT2D eigenvalue weighted by molar-refractivity contribution is 5.98. The van der Waals surface area contributed by atoms with E-state index in [-0.39, 0.29) is 23.1 Å². The predicted octanol–water partition coefficient (Wildman–Crippen LogP) is 2.14. The van der Waals surface area contributed by atoms with Crippen LogP contribution in [-0.4, -0.2) is 29.0 Å². The number of nitrogens with two attached hydrogens (primary N) is 1. The van der Waals surface area contributed by atoms with Gasteiger partial charge < -0.3 is 15.8 Å². The summed E-state index contributed by atoms with van der Waals surface area (Å²) in [6, 6.07) is 8.60. The average Bonchev–Trinajstić information content (AvgIpc) is 2.55. The lowest BCUT2D eigenvalue weighted by Gasteiger charge is -2.17. The summed E-state index contributed by atoms with van der Waals surface area (Å²) in [5.74, 6) is 0.201. The van der Waals surface area contributed by atoms with Gasteiger partial charge in [-0.2, -0.15) is 0 Å². The van der Waals surface area contributed by atoms with Crippen molar-refractivity contribution in [2.24, 2.45) is 5.73 Å². The zero-order chi connectivity index (χ0) is 17.7. The summed E-state index contributed by atoms with van der Waals surface area (Å²) in [6.07, 6.45) is 1.70. The van der Waals surface area contributed by atoms with Crippen LogP contribution in [0.1, 0.15) is 22.8 Å². The minimum Gasteiger partial charge on any atom is -0.496 e. The fourth-order valence-corrected chi connectivity index (χ4v) is 2.34. The summed E-state index contributed by atoms with van der Waals surface area (Å²) < 4.78 is 5.31. The van der Waals surface area contributed by atoms with Crippen molar-refractivity contribution >= 4 is 17.4 Å². The van der Waals surface area contributed by atoms with Gasteiger partial charge in [-0.05, 0) is 25.0 Å². The lowest BCUT2D eigenvalue weighted by molar-refractivity contribution is -0.385. The van der Waals surface area contributed by atoms with Crippen molar-refractivity contribution < 1.29 is 14.5 Å². The van der Waals surface area contributed by atoms with Gasteiger partial charge in [0.15, 0.2) is 0 Å².